The number of fused-ring (bicyclic) bond motifs is 1. The molecule has 2 aromatic carbocycles. The minimum Gasteiger partial charge on any atom is -0.390 e. The minimum absolute atomic E-state index is 0.112. The first-order valence-corrected chi connectivity index (χ1v) is 14.7. The van der Waals surface area contributed by atoms with Gasteiger partial charge in [0, 0.05) is 30.4 Å². The molecule has 1 spiro atoms. The summed E-state index contributed by atoms with van der Waals surface area (Å²) in [6.45, 7) is 3.06. The van der Waals surface area contributed by atoms with Gasteiger partial charge < -0.3 is 15.7 Å². The lowest BCUT2D eigenvalue weighted by atomic mass is 9.73. The Bertz CT molecular complexity index is 1470. The zero-order chi connectivity index (χ0) is 26.5. The summed E-state index contributed by atoms with van der Waals surface area (Å²) in [5, 5.41) is 11.0. The first-order chi connectivity index (χ1) is 17.5. The third-order valence-corrected chi connectivity index (χ3v) is 8.95. The molecular formula is C26H29Cl2N5O3S. The molecule has 1 aliphatic heterocycles. The molecule has 0 saturated carbocycles. The van der Waals surface area contributed by atoms with Crippen LogP contribution in [0.4, 0.5) is 11.5 Å². The van der Waals surface area contributed by atoms with Gasteiger partial charge in [-0.2, -0.15) is 0 Å². The summed E-state index contributed by atoms with van der Waals surface area (Å²) in [7, 11) is -3.35. The summed E-state index contributed by atoms with van der Waals surface area (Å²) in [5.74, 6) is 0.667. The lowest BCUT2D eigenvalue weighted by Crippen LogP contribution is -2.45. The third kappa shape index (κ3) is 4.91. The van der Waals surface area contributed by atoms with Gasteiger partial charge >= 0.3 is 0 Å². The molecule has 1 fully saturated rings. The summed E-state index contributed by atoms with van der Waals surface area (Å²) in [5.41, 5.74) is 11.8. The van der Waals surface area contributed by atoms with E-state index in [4.69, 9.17) is 38.9 Å². The van der Waals surface area contributed by atoms with Crippen molar-refractivity contribution in [2.45, 2.75) is 38.8 Å². The molecule has 37 heavy (non-hydrogen) atoms. The number of aryl methyl sites for hydroxylation is 1. The molecule has 0 amide bonds. The molecule has 5 rings (SSSR count). The van der Waals surface area contributed by atoms with Crippen molar-refractivity contribution < 1.29 is 13.5 Å². The van der Waals surface area contributed by atoms with Crippen molar-refractivity contribution in [3.63, 3.8) is 0 Å². The molecule has 1 atom stereocenters. The highest BCUT2D eigenvalue weighted by atomic mass is 35.5. The van der Waals surface area contributed by atoms with Crippen LogP contribution in [-0.4, -0.2) is 42.8 Å². The van der Waals surface area contributed by atoms with Crippen molar-refractivity contribution in [2.24, 2.45) is 11.1 Å². The number of aliphatic hydroxyl groups excluding tert-OH is 1. The van der Waals surface area contributed by atoms with Crippen LogP contribution < -0.4 is 15.4 Å². The molecule has 0 bridgehead atoms. The van der Waals surface area contributed by atoms with Gasteiger partial charge in [0.15, 0.2) is 5.82 Å². The van der Waals surface area contributed by atoms with E-state index in [2.05, 4.69) is 9.62 Å². The Kier molecular flexibility index (Phi) is 6.87. The summed E-state index contributed by atoms with van der Waals surface area (Å²) in [6.07, 6.45) is 3.61. The average Bonchev–Trinajstić information content (AvgIpc) is 3.10. The van der Waals surface area contributed by atoms with Crippen LogP contribution in [0.3, 0.4) is 0 Å². The number of benzene rings is 2. The van der Waals surface area contributed by atoms with Gasteiger partial charge in [-0.25, -0.2) is 18.4 Å². The Labute approximate surface area is 226 Å². The van der Waals surface area contributed by atoms with Crippen LogP contribution in [0.2, 0.25) is 10.0 Å². The Hall–Kier alpha value is -2.43. The normalized spacial score (nSPS) is 18.8. The van der Waals surface area contributed by atoms with Gasteiger partial charge in [0.05, 0.1) is 34.3 Å². The van der Waals surface area contributed by atoms with E-state index in [0.717, 1.165) is 36.6 Å². The molecule has 11 heteroatoms. The summed E-state index contributed by atoms with van der Waals surface area (Å²) < 4.78 is 25.9. The molecule has 1 aliphatic carbocycles. The molecule has 2 aliphatic rings. The number of nitrogens with one attached hydrogen (secondary N) is 1. The highest BCUT2D eigenvalue weighted by Crippen LogP contribution is 2.51. The smallest absolute Gasteiger partial charge is 0.229 e. The predicted molar refractivity (Wildman–Crippen MR) is 148 cm³/mol. The van der Waals surface area contributed by atoms with Crippen LogP contribution in [0, 0.1) is 12.3 Å². The number of hydrogen-bond donors (Lipinski definition) is 3. The SMILES string of the molecule is Cc1nc(N2CCC3(CC2)Cc2cc(NS(C)(=O)=O)ccc2C3N)c(CO)nc1-c1cccc(Cl)c1Cl. The highest BCUT2D eigenvalue weighted by Gasteiger charge is 2.46. The van der Waals surface area contributed by atoms with Gasteiger partial charge in [0.25, 0.3) is 0 Å². The molecule has 3 aromatic rings. The first kappa shape index (κ1) is 26.2. The topological polar surface area (TPSA) is 121 Å². The monoisotopic (exact) mass is 561 g/mol. The molecule has 1 unspecified atom stereocenters. The van der Waals surface area contributed by atoms with Crippen LogP contribution in [-0.2, 0) is 23.1 Å². The third-order valence-electron chi connectivity index (χ3n) is 7.52. The van der Waals surface area contributed by atoms with E-state index in [-0.39, 0.29) is 18.1 Å². The predicted octanol–water partition coefficient (Wildman–Crippen LogP) is 4.47. The molecule has 8 nitrogen and oxygen atoms in total. The van der Waals surface area contributed by atoms with Crippen LogP contribution in [0.1, 0.15) is 41.4 Å². The molecular weight excluding hydrogens is 533 g/mol. The molecule has 1 saturated heterocycles. The number of anilines is 2. The van der Waals surface area contributed by atoms with Crippen molar-refractivity contribution >= 4 is 44.7 Å². The van der Waals surface area contributed by atoms with Crippen molar-refractivity contribution in [3.05, 3.63) is 69.0 Å². The summed E-state index contributed by atoms with van der Waals surface area (Å²) >= 11 is 12.6. The lowest BCUT2D eigenvalue weighted by Gasteiger charge is -2.43. The van der Waals surface area contributed by atoms with Gasteiger partial charge in [-0.1, -0.05) is 41.4 Å². The van der Waals surface area contributed by atoms with E-state index in [1.165, 1.54) is 0 Å². The molecule has 1 aromatic heterocycles. The van der Waals surface area contributed by atoms with E-state index in [1.807, 2.05) is 31.2 Å². The van der Waals surface area contributed by atoms with Gasteiger partial charge in [0.2, 0.25) is 10.0 Å². The number of rotatable bonds is 5. The van der Waals surface area contributed by atoms with Gasteiger partial charge in [-0.05, 0) is 60.9 Å². The Morgan fingerprint density at radius 2 is 1.92 bits per heavy atom. The van der Waals surface area contributed by atoms with Crippen molar-refractivity contribution in [2.75, 3.05) is 29.0 Å². The van der Waals surface area contributed by atoms with Gasteiger partial charge in [-0.15, -0.1) is 0 Å². The first-order valence-electron chi connectivity index (χ1n) is 12.1. The molecule has 4 N–H and O–H groups in total. The fourth-order valence-electron chi connectivity index (χ4n) is 5.65. The number of aliphatic hydroxyl groups is 1. The average molecular weight is 563 g/mol. The quantitative estimate of drug-likeness (QED) is 0.420. The number of aromatic nitrogens is 2. The van der Waals surface area contributed by atoms with E-state index in [9.17, 15) is 13.5 Å². The number of hydrogen-bond acceptors (Lipinski definition) is 7. The number of halogens is 2. The summed E-state index contributed by atoms with van der Waals surface area (Å²) in [4.78, 5) is 11.7. The second-order valence-electron chi connectivity index (χ2n) is 9.98. The Balaban J connectivity index is 1.38. The van der Waals surface area contributed by atoms with E-state index in [1.54, 1.807) is 12.1 Å². The maximum absolute atomic E-state index is 11.7. The molecule has 0 radical (unpaired) electrons. The summed E-state index contributed by atoms with van der Waals surface area (Å²) in [6, 6.07) is 10.8. The van der Waals surface area contributed by atoms with Crippen LogP contribution in [0.25, 0.3) is 11.3 Å². The fraction of sp³-hybridized carbons (Fsp3) is 0.385. The van der Waals surface area contributed by atoms with Crippen LogP contribution >= 0.6 is 23.2 Å². The maximum atomic E-state index is 11.7. The molecule has 196 valence electrons. The van der Waals surface area contributed by atoms with Crippen LogP contribution in [0.5, 0.6) is 0 Å². The highest BCUT2D eigenvalue weighted by molar-refractivity contribution is 7.92. The van der Waals surface area contributed by atoms with E-state index < -0.39 is 10.0 Å². The van der Waals surface area contributed by atoms with Crippen LogP contribution in [0.15, 0.2) is 36.4 Å². The van der Waals surface area contributed by atoms with Gasteiger partial charge in [0.1, 0.15) is 5.69 Å². The largest absolute Gasteiger partial charge is 0.390 e. The number of nitrogens with two attached hydrogens (primary N) is 1. The second kappa shape index (κ2) is 9.71. The zero-order valence-corrected chi connectivity index (χ0v) is 23.0. The number of sulfonamides is 1. The lowest BCUT2D eigenvalue weighted by molar-refractivity contribution is 0.186. The molecule has 2 heterocycles. The van der Waals surface area contributed by atoms with Crippen molar-refractivity contribution in [3.8, 4) is 11.3 Å². The zero-order valence-electron chi connectivity index (χ0n) is 20.6. The standard InChI is InChI=1S/C26H29Cl2N5O3S/c1-15-23(19-4-3-5-20(27)22(19)28)31-21(14-34)25(30-15)33-10-8-26(9-11-33)13-16-12-17(32-37(2,35)36)6-7-18(16)24(26)29/h3-7,12,24,32,34H,8-11,13-14,29H2,1-2H3. The van der Waals surface area contributed by atoms with Crippen molar-refractivity contribution in [1.29, 1.82) is 0 Å². The van der Waals surface area contributed by atoms with E-state index >= 15 is 0 Å². The number of piperidine rings is 1. The second-order valence-corrected chi connectivity index (χ2v) is 12.5. The Morgan fingerprint density at radius 3 is 2.59 bits per heavy atom. The fourth-order valence-corrected chi connectivity index (χ4v) is 6.60. The van der Waals surface area contributed by atoms with E-state index in [0.29, 0.717) is 57.3 Å². The Morgan fingerprint density at radius 1 is 1.19 bits per heavy atom. The van der Waals surface area contributed by atoms with Gasteiger partial charge in [-0.3, -0.25) is 4.72 Å². The minimum atomic E-state index is -3.35. The maximum Gasteiger partial charge on any atom is 0.229 e. The van der Waals surface area contributed by atoms with Crippen molar-refractivity contribution in [1.82, 2.24) is 9.97 Å². The number of nitrogens with zero attached hydrogens (tertiary/aromatic N) is 3.